The molecule has 0 saturated heterocycles. The van der Waals surface area contributed by atoms with Crippen LogP contribution >= 0.6 is 0 Å². The zero-order valence-electron chi connectivity index (χ0n) is 12.7. The van der Waals surface area contributed by atoms with E-state index in [-0.39, 0.29) is 0 Å². The first-order valence-corrected chi connectivity index (χ1v) is 7.28. The molecule has 0 amide bonds. The van der Waals surface area contributed by atoms with Crippen molar-refractivity contribution in [3.8, 4) is 5.75 Å². The van der Waals surface area contributed by atoms with E-state index in [0.29, 0.717) is 12.4 Å². The van der Waals surface area contributed by atoms with Crippen molar-refractivity contribution in [1.82, 2.24) is 0 Å². The number of aliphatic hydroxyl groups excluding tert-OH is 1. The fourth-order valence-corrected chi connectivity index (χ4v) is 2.06. The average Bonchev–Trinajstić information content (AvgIpc) is 2.54. The molecule has 2 rings (SSSR count). The van der Waals surface area contributed by atoms with Crippen LogP contribution in [0.25, 0.3) is 0 Å². The van der Waals surface area contributed by atoms with Gasteiger partial charge in [0.2, 0.25) is 6.10 Å². The average molecular weight is 300 g/mol. The van der Waals surface area contributed by atoms with Gasteiger partial charge in [-0.1, -0.05) is 42.5 Å². The number of carbonyl (C=O) groups is 1. The fraction of sp³-hybridized carbons (Fsp3) is 0.278. The molecule has 1 N–H and O–H groups in total. The van der Waals surface area contributed by atoms with Crippen molar-refractivity contribution in [1.29, 1.82) is 0 Å². The summed E-state index contributed by atoms with van der Waals surface area (Å²) in [6.07, 6.45) is -1.34. The molecule has 2 aromatic carbocycles. The van der Waals surface area contributed by atoms with E-state index in [1.54, 1.807) is 38.1 Å². The zero-order valence-corrected chi connectivity index (χ0v) is 12.7. The molecular weight excluding hydrogens is 280 g/mol. The largest absolute Gasteiger partial charge is 0.474 e. The molecule has 4 nitrogen and oxygen atoms in total. The zero-order chi connectivity index (χ0) is 15.9. The van der Waals surface area contributed by atoms with Gasteiger partial charge in [-0.2, -0.15) is 0 Å². The maximum atomic E-state index is 12.1. The van der Waals surface area contributed by atoms with E-state index in [4.69, 9.17) is 9.47 Å². The van der Waals surface area contributed by atoms with Gasteiger partial charge in [0.05, 0.1) is 12.7 Å². The Kier molecular flexibility index (Phi) is 5.55. The van der Waals surface area contributed by atoms with Gasteiger partial charge < -0.3 is 14.6 Å². The molecule has 2 atom stereocenters. The van der Waals surface area contributed by atoms with Crippen LogP contribution in [0.3, 0.4) is 0 Å². The lowest BCUT2D eigenvalue weighted by Crippen LogP contribution is -2.21. The predicted octanol–water partition coefficient (Wildman–Crippen LogP) is 3.42. The van der Waals surface area contributed by atoms with Gasteiger partial charge in [0.15, 0.2) is 0 Å². The summed E-state index contributed by atoms with van der Waals surface area (Å²) < 4.78 is 10.9. The summed E-state index contributed by atoms with van der Waals surface area (Å²) >= 11 is 0. The Bertz CT molecular complexity index is 590. The van der Waals surface area contributed by atoms with Crippen LogP contribution in [0.4, 0.5) is 0 Å². The first-order chi connectivity index (χ1) is 10.6. The van der Waals surface area contributed by atoms with Crippen molar-refractivity contribution in [2.75, 3.05) is 6.61 Å². The van der Waals surface area contributed by atoms with Crippen LogP contribution in [0.5, 0.6) is 5.75 Å². The molecule has 0 bridgehead atoms. The molecule has 0 aliphatic rings. The molecule has 0 heterocycles. The summed E-state index contributed by atoms with van der Waals surface area (Å²) in [4.78, 5) is 12.1. The van der Waals surface area contributed by atoms with E-state index in [1.807, 2.05) is 30.3 Å². The molecule has 0 saturated carbocycles. The van der Waals surface area contributed by atoms with Crippen molar-refractivity contribution in [2.45, 2.75) is 26.1 Å². The number of esters is 1. The van der Waals surface area contributed by atoms with Gasteiger partial charge in [0.1, 0.15) is 5.75 Å². The van der Waals surface area contributed by atoms with Gasteiger partial charge in [-0.25, -0.2) is 4.79 Å². The van der Waals surface area contributed by atoms with Crippen LogP contribution in [0.15, 0.2) is 54.6 Å². The smallest absolute Gasteiger partial charge is 0.352 e. The molecule has 2 unspecified atom stereocenters. The molecule has 2 aromatic rings. The molecule has 0 radical (unpaired) electrons. The van der Waals surface area contributed by atoms with E-state index in [2.05, 4.69) is 0 Å². The van der Waals surface area contributed by atoms with E-state index >= 15 is 0 Å². The minimum atomic E-state index is -0.807. The number of hydrogen-bond donors (Lipinski definition) is 1. The van der Waals surface area contributed by atoms with Gasteiger partial charge in [0.25, 0.3) is 0 Å². The second-order valence-corrected chi connectivity index (χ2v) is 4.91. The van der Waals surface area contributed by atoms with Gasteiger partial charge in [-0.3, -0.25) is 0 Å². The molecule has 22 heavy (non-hydrogen) atoms. The molecular formula is C18H20O4. The van der Waals surface area contributed by atoms with Crippen LogP contribution in [-0.2, 0) is 9.53 Å². The monoisotopic (exact) mass is 300 g/mol. The molecule has 4 heteroatoms. The van der Waals surface area contributed by atoms with E-state index in [1.165, 1.54) is 0 Å². The van der Waals surface area contributed by atoms with Crippen molar-refractivity contribution in [3.63, 3.8) is 0 Å². The Morgan fingerprint density at radius 3 is 2.23 bits per heavy atom. The van der Waals surface area contributed by atoms with Crippen LogP contribution in [-0.4, -0.2) is 17.7 Å². The lowest BCUT2D eigenvalue weighted by atomic mass is 10.1. The third kappa shape index (κ3) is 4.09. The summed E-state index contributed by atoms with van der Waals surface area (Å²) in [5, 5.41) is 9.52. The minimum Gasteiger partial charge on any atom is -0.474 e. The number of rotatable bonds is 6. The Morgan fingerprint density at radius 2 is 1.68 bits per heavy atom. The second kappa shape index (κ2) is 7.61. The summed E-state index contributed by atoms with van der Waals surface area (Å²) in [6.45, 7) is 3.76. The number of hydrogen-bond acceptors (Lipinski definition) is 4. The summed E-state index contributed by atoms with van der Waals surface area (Å²) in [5.74, 6) is 0.125. The minimum absolute atomic E-state index is 0.298. The van der Waals surface area contributed by atoms with Crippen LogP contribution in [0.2, 0.25) is 0 Å². The van der Waals surface area contributed by atoms with Crippen molar-refractivity contribution in [3.05, 3.63) is 65.7 Å². The maximum Gasteiger partial charge on any atom is 0.352 e. The molecule has 0 fully saturated rings. The molecule has 0 aliphatic heterocycles. The summed E-state index contributed by atoms with van der Waals surface area (Å²) in [5.41, 5.74) is 1.53. The quantitative estimate of drug-likeness (QED) is 0.830. The predicted molar refractivity (Wildman–Crippen MR) is 83.5 cm³/mol. The number of carbonyl (C=O) groups excluding carboxylic acids is 1. The third-order valence-corrected chi connectivity index (χ3v) is 3.22. The van der Waals surface area contributed by atoms with E-state index < -0.39 is 18.2 Å². The Hall–Kier alpha value is -2.33. The van der Waals surface area contributed by atoms with Crippen LogP contribution in [0, 0.1) is 0 Å². The molecule has 0 aromatic heterocycles. The van der Waals surface area contributed by atoms with Gasteiger partial charge >= 0.3 is 5.97 Å². The standard InChI is InChI=1S/C18H20O4/c1-3-21-18(20)17(15-7-5-4-6-8-15)22-16-11-9-14(10-12-16)13(2)19/h4-13,17,19H,3H2,1-2H3. The van der Waals surface area contributed by atoms with Gasteiger partial charge in [0, 0.05) is 5.56 Å². The lowest BCUT2D eigenvalue weighted by Gasteiger charge is -2.18. The highest BCUT2D eigenvalue weighted by Gasteiger charge is 2.24. The maximum absolute atomic E-state index is 12.1. The molecule has 0 spiro atoms. The number of ether oxygens (including phenoxy) is 2. The van der Waals surface area contributed by atoms with E-state index in [9.17, 15) is 9.90 Å². The fourth-order valence-electron chi connectivity index (χ4n) is 2.06. The first kappa shape index (κ1) is 16.0. The Balaban J connectivity index is 2.21. The Morgan fingerprint density at radius 1 is 1.05 bits per heavy atom. The number of aliphatic hydroxyl groups is 1. The lowest BCUT2D eigenvalue weighted by molar-refractivity contribution is -0.151. The molecule has 116 valence electrons. The number of benzene rings is 2. The second-order valence-electron chi connectivity index (χ2n) is 4.91. The summed E-state index contributed by atoms with van der Waals surface area (Å²) in [7, 11) is 0. The highest BCUT2D eigenvalue weighted by Crippen LogP contribution is 2.25. The van der Waals surface area contributed by atoms with Crippen molar-refractivity contribution >= 4 is 5.97 Å². The van der Waals surface area contributed by atoms with Gasteiger partial charge in [-0.15, -0.1) is 0 Å². The van der Waals surface area contributed by atoms with E-state index in [0.717, 1.165) is 11.1 Å². The highest BCUT2D eigenvalue weighted by atomic mass is 16.6. The SMILES string of the molecule is CCOC(=O)C(Oc1ccc(C(C)O)cc1)c1ccccc1. The van der Waals surface area contributed by atoms with Crippen LogP contribution in [0.1, 0.15) is 37.2 Å². The molecule has 0 aliphatic carbocycles. The normalized spacial score (nSPS) is 13.2. The van der Waals surface area contributed by atoms with Crippen LogP contribution < -0.4 is 4.74 Å². The highest BCUT2D eigenvalue weighted by molar-refractivity contribution is 5.77. The topological polar surface area (TPSA) is 55.8 Å². The third-order valence-electron chi connectivity index (χ3n) is 3.22. The van der Waals surface area contributed by atoms with Crippen molar-refractivity contribution in [2.24, 2.45) is 0 Å². The first-order valence-electron chi connectivity index (χ1n) is 7.28. The Labute approximate surface area is 130 Å². The van der Waals surface area contributed by atoms with Crippen molar-refractivity contribution < 1.29 is 19.4 Å². The van der Waals surface area contributed by atoms with Gasteiger partial charge in [-0.05, 0) is 31.5 Å². The summed E-state index contributed by atoms with van der Waals surface area (Å²) in [6, 6.07) is 16.2.